The van der Waals surface area contributed by atoms with Crippen LogP contribution in [-0.4, -0.2) is 37.5 Å². The third kappa shape index (κ3) is 4.59. The molecule has 14 heteroatoms. The van der Waals surface area contributed by atoms with E-state index in [-0.39, 0.29) is 41.9 Å². The lowest BCUT2D eigenvalue weighted by molar-refractivity contribution is -0.166. The second-order valence-electron chi connectivity index (χ2n) is 7.52. The van der Waals surface area contributed by atoms with E-state index in [0.717, 1.165) is 48.5 Å². The minimum Gasteiger partial charge on any atom is -0.462 e. The Labute approximate surface area is 192 Å². The zero-order valence-electron chi connectivity index (χ0n) is 17.4. The molecule has 0 amide bonds. The number of benzene rings is 2. The molecular formula is C21H14F6N4O4. The van der Waals surface area contributed by atoms with Gasteiger partial charge in [0, 0.05) is 17.5 Å². The molecule has 0 radical (unpaired) electrons. The number of carbonyl (C=O) groups is 2. The van der Waals surface area contributed by atoms with Gasteiger partial charge in [0.25, 0.3) is 0 Å². The Morgan fingerprint density at radius 1 is 0.629 bits per heavy atom. The van der Waals surface area contributed by atoms with E-state index >= 15 is 0 Å². The first-order valence-corrected chi connectivity index (χ1v) is 9.96. The molecule has 35 heavy (non-hydrogen) atoms. The van der Waals surface area contributed by atoms with Crippen LogP contribution in [0.15, 0.2) is 69.0 Å². The molecule has 8 nitrogen and oxygen atoms in total. The molecule has 0 spiro atoms. The molecule has 2 aromatic rings. The van der Waals surface area contributed by atoms with E-state index < -0.39 is 35.6 Å². The molecule has 2 aliphatic heterocycles. The maximum absolute atomic E-state index is 13.0. The summed E-state index contributed by atoms with van der Waals surface area (Å²) in [6.07, 6.45) is -9.25. The first kappa shape index (κ1) is 24.3. The van der Waals surface area contributed by atoms with E-state index in [4.69, 9.17) is 9.47 Å². The van der Waals surface area contributed by atoms with Crippen LogP contribution in [0, 0.1) is 0 Å². The Morgan fingerprint density at radius 2 is 0.943 bits per heavy atom. The average Bonchev–Trinajstić information content (AvgIpc) is 3.71. The molecule has 0 N–H and O–H groups in total. The Bertz CT molecular complexity index is 1080. The Kier molecular flexibility index (Phi) is 5.85. The standard InChI is InChI=1S/C21H14F6N4O4/c22-20(23,24)18(28-29-18)14-6-2-12(3-7-14)16(32)34-10-1-11-35-17(33)13-4-8-15(9-5-13)19(30-31-19)21(25,26)27/h2-9H,1,10-11H2. The van der Waals surface area contributed by atoms with Gasteiger partial charge in [-0.2, -0.15) is 26.3 Å². The number of rotatable bonds is 8. The fourth-order valence-electron chi connectivity index (χ4n) is 3.12. The fourth-order valence-corrected chi connectivity index (χ4v) is 3.12. The van der Waals surface area contributed by atoms with Gasteiger partial charge in [0.15, 0.2) is 0 Å². The van der Waals surface area contributed by atoms with Crippen molar-refractivity contribution in [1.82, 2.24) is 0 Å². The van der Waals surface area contributed by atoms with Gasteiger partial charge in [0.1, 0.15) is 0 Å². The predicted molar refractivity (Wildman–Crippen MR) is 103 cm³/mol. The first-order chi connectivity index (χ1) is 16.4. The van der Waals surface area contributed by atoms with Gasteiger partial charge in [-0.15, -0.1) is 20.5 Å². The SMILES string of the molecule is O=C(OCCCOC(=O)c1ccc(C2(C(F)(F)F)N=N2)cc1)c1ccc(C2(C(F)(F)F)N=N2)cc1. The first-order valence-electron chi connectivity index (χ1n) is 9.96. The zero-order valence-corrected chi connectivity index (χ0v) is 17.4. The number of alkyl halides is 6. The van der Waals surface area contributed by atoms with Crippen LogP contribution in [0.1, 0.15) is 38.3 Å². The Morgan fingerprint density at radius 3 is 1.20 bits per heavy atom. The van der Waals surface area contributed by atoms with Crippen molar-refractivity contribution in [3.8, 4) is 0 Å². The third-order valence-electron chi connectivity index (χ3n) is 5.19. The van der Waals surface area contributed by atoms with Crippen molar-refractivity contribution in [2.75, 3.05) is 13.2 Å². The van der Waals surface area contributed by atoms with Crippen molar-refractivity contribution in [3.05, 3.63) is 70.8 Å². The molecule has 0 aliphatic carbocycles. The smallest absolute Gasteiger partial charge is 0.442 e. The van der Waals surface area contributed by atoms with E-state index in [1.165, 1.54) is 0 Å². The van der Waals surface area contributed by atoms with E-state index in [1.54, 1.807) is 0 Å². The number of hydrogen-bond acceptors (Lipinski definition) is 8. The van der Waals surface area contributed by atoms with Crippen LogP contribution in [0.4, 0.5) is 26.3 Å². The van der Waals surface area contributed by atoms with Gasteiger partial charge >= 0.3 is 35.6 Å². The van der Waals surface area contributed by atoms with E-state index in [9.17, 15) is 35.9 Å². The van der Waals surface area contributed by atoms with Gasteiger partial charge in [0.2, 0.25) is 0 Å². The van der Waals surface area contributed by atoms with Crippen molar-refractivity contribution >= 4 is 11.9 Å². The second kappa shape index (κ2) is 8.43. The molecule has 2 heterocycles. The van der Waals surface area contributed by atoms with Crippen molar-refractivity contribution < 1.29 is 45.4 Å². The number of hydrogen-bond donors (Lipinski definition) is 0. The molecule has 2 aliphatic rings. The monoisotopic (exact) mass is 500 g/mol. The van der Waals surface area contributed by atoms with Gasteiger partial charge in [-0.05, 0) is 24.3 Å². The quantitative estimate of drug-likeness (QED) is 0.273. The summed E-state index contributed by atoms with van der Waals surface area (Å²) in [5.74, 6) is -1.59. The van der Waals surface area contributed by atoms with Crippen LogP contribution in [0.5, 0.6) is 0 Å². The molecule has 2 aromatic carbocycles. The lowest BCUT2D eigenvalue weighted by atomic mass is 10.0. The highest BCUT2D eigenvalue weighted by Gasteiger charge is 2.65. The molecule has 4 rings (SSSR count). The van der Waals surface area contributed by atoms with Crippen LogP contribution >= 0.6 is 0 Å². The highest BCUT2D eigenvalue weighted by molar-refractivity contribution is 5.90. The molecule has 0 aromatic heterocycles. The van der Waals surface area contributed by atoms with Crippen LogP contribution < -0.4 is 0 Å². The summed E-state index contributed by atoms with van der Waals surface area (Å²) < 4.78 is 87.9. The fraction of sp³-hybridized carbons (Fsp3) is 0.333. The molecule has 0 fully saturated rings. The van der Waals surface area contributed by atoms with Gasteiger partial charge in [-0.1, -0.05) is 24.3 Å². The zero-order chi connectivity index (χ0) is 25.5. The van der Waals surface area contributed by atoms with Crippen LogP contribution in [0.3, 0.4) is 0 Å². The topological polar surface area (TPSA) is 102 Å². The van der Waals surface area contributed by atoms with Crippen molar-refractivity contribution in [2.24, 2.45) is 20.5 Å². The third-order valence-corrected chi connectivity index (χ3v) is 5.19. The summed E-state index contributed by atoms with van der Waals surface area (Å²) in [5.41, 5.74) is -5.60. The van der Waals surface area contributed by atoms with Gasteiger partial charge < -0.3 is 9.47 Å². The van der Waals surface area contributed by atoms with E-state index in [2.05, 4.69) is 20.5 Å². The maximum Gasteiger partial charge on any atom is 0.442 e. The minimum absolute atomic E-state index is 0.00886. The summed E-state index contributed by atoms with van der Waals surface area (Å²) in [7, 11) is 0. The predicted octanol–water partition coefficient (Wildman–Crippen LogP) is 5.45. The maximum atomic E-state index is 13.0. The number of carbonyl (C=O) groups excluding carboxylic acids is 2. The molecule has 184 valence electrons. The van der Waals surface area contributed by atoms with Crippen LogP contribution in [0.2, 0.25) is 0 Å². The van der Waals surface area contributed by atoms with Gasteiger partial charge in [-0.25, -0.2) is 9.59 Å². The van der Waals surface area contributed by atoms with Gasteiger partial charge in [-0.3, -0.25) is 0 Å². The minimum atomic E-state index is -4.68. The lowest BCUT2D eigenvalue weighted by Crippen LogP contribution is -2.30. The van der Waals surface area contributed by atoms with Crippen molar-refractivity contribution in [1.29, 1.82) is 0 Å². The Balaban J connectivity index is 1.20. The van der Waals surface area contributed by atoms with Crippen molar-refractivity contribution in [3.63, 3.8) is 0 Å². The summed E-state index contributed by atoms with van der Waals surface area (Å²) >= 11 is 0. The van der Waals surface area contributed by atoms with Crippen LogP contribution in [-0.2, 0) is 20.8 Å². The van der Waals surface area contributed by atoms with Gasteiger partial charge in [0.05, 0.1) is 24.3 Å². The molecule has 0 saturated carbocycles. The number of nitrogens with zero attached hydrogens (tertiary/aromatic N) is 4. The molecular weight excluding hydrogens is 486 g/mol. The number of halogens is 6. The summed E-state index contributed by atoms with van der Waals surface area (Å²) in [6, 6.07) is 8.95. The molecule has 0 bridgehead atoms. The average molecular weight is 500 g/mol. The second-order valence-corrected chi connectivity index (χ2v) is 7.52. The number of esters is 2. The molecule has 0 unspecified atom stereocenters. The highest BCUT2D eigenvalue weighted by Crippen LogP contribution is 2.53. The Hall–Kier alpha value is -3.84. The molecule has 0 saturated heterocycles. The summed E-state index contributed by atoms with van der Waals surface area (Å²) in [6.45, 7) is -0.303. The molecule has 0 atom stereocenters. The normalized spacial score (nSPS) is 17.1. The largest absolute Gasteiger partial charge is 0.462 e. The van der Waals surface area contributed by atoms with Crippen molar-refractivity contribution in [2.45, 2.75) is 30.1 Å². The lowest BCUT2D eigenvalue weighted by Gasteiger charge is -2.15. The summed E-state index contributed by atoms with van der Waals surface area (Å²) in [5, 5.41) is 12.3. The summed E-state index contributed by atoms with van der Waals surface area (Å²) in [4.78, 5) is 24.1. The number of ether oxygens (including phenoxy) is 2. The van der Waals surface area contributed by atoms with E-state index in [1.807, 2.05) is 0 Å². The van der Waals surface area contributed by atoms with E-state index in [0.29, 0.717) is 0 Å². The highest BCUT2D eigenvalue weighted by atomic mass is 19.4. The van der Waals surface area contributed by atoms with Crippen LogP contribution in [0.25, 0.3) is 0 Å².